The number of piperidine rings is 1. The Morgan fingerprint density at radius 2 is 2.13 bits per heavy atom. The third kappa shape index (κ3) is 3.64. The highest BCUT2D eigenvalue weighted by Crippen LogP contribution is 2.31. The van der Waals surface area contributed by atoms with Gasteiger partial charge in [0, 0.05) is 19.5 Å². The first-order valence-electron chi connectivity index (χ1n) is 7.73. The SMILES string of the molecule is CC(=O)N1CCCCC1c1cc(Nc2nnc(C)s2)nc(C)n1. The van der Waals surface area contributed by atoms with E-state index in [1.54, 1.807) is 6.92 Å². The second kappa shape index (κ2) is 6.57. The normalized spacial score (nSPS) is 18.0. The molecule has 1 N–H and O–H groups in total. The minimum absolute atomic E-state index is 0.0275. The maximum Gasteiger partial charge on any atom is 0.220 e. The number of rotatable bonds is 3. The molecule has 23 heavy (non-hydrogen) atoms. The lowest BCUT2D eigenvalue weighted by Gasteiger charge is -2.34. The van der Waals surface area contributed by atoms with Gasteiger partial charge in [-0.1, -0.05) is 11.3 Å². The van der Waals surface area contributed by atoms with Crippen molar-refractivity contribution in [3.05, 3.63) is 22.6 Å². The van der Waals surface area contributed by atoms with Crippen molar-refractivity contribution in [1.29, 1.82) is 0 Å². The fourth-order valence-electron chi connectivity index (χ4n) is 2.90. The van der Waals surface area contributed by atoms with E-state index in [0.29, 0.717) is 16.8 Å². The van der Waals surface area contributed by atoms with Gasteiger partial charge in [0.2, 0.25) is 11.0 Å². The summed E-state index contributed by atoms with van der Waals surface area (Å²) in [6, 6.07) is 1.94. The molecular weight excluding hydrogens is 312 g/mol. The van der Waals surface area contributed by atoms with Gasteiger partial charge < -0.3 is 10.2 Å². The van der Waals surface area contributed by atoms with Crippen molar-refractivity contribution in [2.45, 2.75) is 46.1 Å². The largest absolute Gasteiger partial charge is 0.334 e. The second-order valence-corrected chi connectivity index (χ2v) is 6.88. The number of likely N-dealkylation sites (tertiary alicyclic amines) is 1. The number of nitrogens with one attached hydrogen (secondary N) is 1. The highest BCUT2D eigenvalue weighted by Gasteiger charge is 2.27. The smallest absolute Gasteiger partial charge is 0.220 e. The first-order valence-corrected chi connectivity index (χ1v) is 8.54. The number of carbonyl (C=O) groups excluding carboxylic acids is 1. The van der Waals surface area contributed by atoms with Gasteiger partial charge in [-0.25, -0.2) is 9.97 Å². The molecule has 1 aliphatic heterocycles. The number of hydrogen-bond donors (Lipinski definition) is 1. The van der Waals surface area contributed by atoms with E-state index in [-0.39, 0.29) is 11.9 Å². The molecule has 1 amide bonds. The summed E-state index contributed by atoms with van der Waals surface area (Å²) in [4.78, 5) is 22.8. The highest BCUT2D eigenvalue weighted by atomic mass is 32.1. The van der Waals surface area contributed by atoms with Crippen LogP contribution in [0, 0.1) is 13.8 Å². The van der Waals surface area contributed by atoms with Gasteiger partial charge in [-0.05, 0) is 33.1 Å². The van der Waals surface area contributed by atoms with Crippen molar-refractivity contribution < 1.29 is 4.79 Å². The van der Waals surface area contributed by atoms with E-state index in [0.717, 1.165) is 36.5 Å². The molecule has 0 aromatic carbocycles. The molecule has 0 spiro atoms. The molecule has 0 aliphatic carbocycles. The monoisotopic (exact) mass is 332 g/mol. The molecule has 122 valence electrons. The molecule has 1 atom stereocenters. The van der Waals surface area contributed by atoms with Gasteiger partial charge >= 0.3 is 0 Å². The summed E-state index contributed by atoms with van der Waals surface area (Å²) < 4.78 is 0. The Labute approximate surface area is 139 Å². The Hall–Kier alpha value is -2.09. The summed E-state index contributed by atoms with van der Waals surface area (Å²) in [5, 5.41) is 12.8. The van der Waals surface area contributed by atoms with Gasteiger partial charge in [0.25, 0.3) is 0 Å². The number of amides is 1. The maximum atomic E-state index is 11.9. The van der Waals surface area contributed by atoms with Crippen LogP contribution in [-0.4, -0.2) is 37.5 Å². The van der Waals surface area contributed by atoms with Gasteiger partial charge in [-0.15, -0.1) is 10.2 Å². The summed E-state index contributed by atoms with van der Waals surface area (Å²) in [6.45, 7) is 6.18. The Morgan fingerprint density at radius 1 is 1.30 bits per heavy atom. The summed E-state index contributed by atoms with van der Waals surface area (Å²) >= 11 is 1.48. The van der Waals surface area contributed by atoms with Crippen molar-refractivity contribution in [2.75, 3.05) is 11.9 Å². The molecule has 0 bridgehead atoms. The van der Waals surface area contributed by atoms with E-state index < -0.39 is 0 Å². The van der Waals surface area contributed by atoms with E-state index in [9.17, 15) is 4.79 Å². The van der Waals surface area contributed by atoms with Crippen LogP contribution in [-0.2, 0) is 4.79 Å². The Kier molecular flexibility index (Phi) is 4.51. The molecule has 3 rings (SSSR count). The van der Waals surface area contributed by atoms with Gasteiger partial charge in [-0.2, -0.15) is 0 Å². The van der Waals surface area contributed by atoms with E-state index in [1.807, 2.05) is 24.8 Å². The number of hydrogen-bond acceptors (Lipinski definition) is 7. The standard InChI is InChI=1S/C15H20N6OS/c1-9-16-12(13-6-4-5-7-21(13)11(3)22)8-14(17-9)18-15-20-19-10(2)23-15/h8,13H,4-7H2,1-3H3,(H,16,17,18,20). The minimum atomic E-state index is 0.0275. The van der Waals surface area contributed by atoms with Crippen molar-refractivity contribution in [1.82, 2.24) is 25.1 Å². The molecular formula is C15H20N6OS. The van der Waals surface area contributed by atoms with Crippen LogP contribution in [0.2, 0.25) is 0 Å². The Balaban J connectivity index is 1.88. The predicted molar refractivity (Wildman–Crippen MR) is 88.7 cm³/mol. The minimum Gasteiger partial charge on any atom is -0.334 e. The van der Waals surface area contributed by atoms with Gasteiger partial charge in [-0.3, -0.25) is 4.79 Å². The lowest BCUT2D eigenvalue weighted by atomic mass is 9.99. The number of carbonyl (C=O) groups is 1. The Bertz CT molecular complexity index is 716. The van der Waals surface area contributed by atoms with Crippen molar-refractivity contribution >= 4 is 28.2 Å². The van der Waals surface area contributed by atoms with Crippen LogP contribution in [0.4, 0.5) is 10.9 Å². The van der Waals surface area contributed by atoms with Crippen LogP contribution in [0.15, 0.2) is 6.07 Å². The van der Waals surface area contributed by atoms with Crippen LogP contribution in [0.25, 0.3) is 0 Å². The third-order valence-corrected chi connectivity index (χ3v) is 4.62. The van der Waals surface area contributed by atoms with Crippen molar-refractivity contribution in [2.24, 2.45) is 0 Å². The van der Waals surface area contributed by atoms with Crippen molar-refractivity contribution in [3.8, 4) is 0 Å². The molecule has 0 radical (unpaired) electrons. The van der Waals surface area contributed by atoms with E-state index in [1.165, 1.54) is 11.3 Å². The molecule has 2 aromatic rings. The Morgan fingerprint density at radius 3 is 2.83 bits per heavy atom. The average Bonchev–Trinajstić information content (AvgIpc) is 2.91. The lowest BCUT2D eigenvalue weighted by Crippen LogP contribution is -2.37. The lowest BCUT2D eigenvalue weighted by molar-refractivity contribution is -0.132. The zero-order valence-corrected chi connectivity index (χ0v) is 14.4. The molecule has 7 nitrogen and oxygen atoms in total. The fourth-order valence-corrected chi connectivity index (χ4v) is 3.50. The van der Waals surface area contributed by atoms with E-state index in [2.05, 4.69) is 25.5 Å². The van der Waals surface area contributed by atoms with Crippen LogP contribution < -0.4 is 5.32 Å². The maximum absolute atomic E-state index is 11.9. The molecule has 1 saturated heterocycles. The number of nitrogens with zero attached hydrogens (tertiary/aromatic N) is 5. The second-order valence-electron chi connectivity index (χ2n) is 5.70. The number of anilines is 2. The third-order valence-electron chi connectivity index (χ3n) is 3.87. The summed E-state index contributed by atoms with van der Waals surface area (Å²) in [6.07, 6.45) is 3.10. The van der Waals surface area contributed by atoms with Gasteiger partial charge in [0.1, 0.15) is 16.6 Å². The zero-order chi connectivity index (χ0) is 16.4. The van der Waals surface area contributed by atoms with E-state index in [4.69, 9.17) is 0 Å². The fraction of sp³-hybridized carbons (Fsp3) is 0.533. The summed E-state index contributed by atoms with van der Waals surface area (Å²) in [5.41, 5.74) is 0.885. The number of aromatic nitrogens is 4. The molecule has 0 saturated carbocycles. The van der Waals surface area contributed by atoms with Gasteiger partial charge in [0.15, 0.2) is 0 Å². The number of aryl methyl sites for hydroxylation is 2. The van der Waals surface area contributed by atoms with Crippen LogP contribution >= 0.6 is 11.3 Å². The summed E-state index contributed by atoms with van der Waals surface area (Å²) in [5.74, 6) is 1.47. The van der Waals surface area contributed by atoms with Crippen LogP contribution in [0.3, 0.4) is 0 Å². The molecule has 8 heteroatoms. The van der Waals surface area contributed by atoms with Crippen LogP contribution in [0.5, 0.6) is 0 Å². The molecule has 1 unspecified atom stereocenters. The summed E-state index contributed by atoms with van der Waals surface area (Å²) in [7, 11) is 0. The van der Waals surface area contributed by atoms with Crippen molar-refractivity contribution in [3.63, 3.8) is 0 Å². The highest BCUT2D eigenvalue weighted by molar-refractivity contribution is 7.15. The van der Waals surface area contributed by atoms with Gasteiger partial charge in [0.05, 0.1) is 11.7 Å². The molecule has 1 fully saturated rings. The molecule has 2 aromatic heterocycles. The van der Waals surface area contributed by atoms with E-state index >= 15 is 0 Å². The first-order chi connectivity index (χ1) is 11.0. The topological polar surface area (TPSA) is 83.9 Å². The molecule has 3 heterocycles. The molecule has 1 aliphatic rings. The average molecular weight is 332 g/mol. The predicted octanol–water partition coefficient (Wildman–Crippen LogP) is 2.76. The van der Waals surface area contributed by atoms with Crippen LogP contribution in [0.1, 0.15) is 48.8 Å². The first kappa shape index (κ1) is 15.8. The zero-order valence-electron chi connectivity index (χ0n) is 13.5. The quantitative estimate of drug-likeness (QED) is 0.930.